The van der Waals surface area contributed by atoms with E-state index in [4.69, 9.17) is 0 Å². The molecule has 0 radical (unpaired) electrons. The first-order valence-electron chi connectivity index (χ1n) is 12.7. The van der Waals surface area contributed by atoms with Gasteiger partial charge in [0, 0.05) is 25.1 Å². The van der Waals surface area contributed by atoms with E-state index in [1.165, 1.54) is 29.2 Å². The summed E-state index contributed by atoms with van der Waals surface area (Å²) in [6.45, 7) is 2.79. The summed E-state index contributed by atoms with van der Waals surface area (Å²) in [6, 6.07) is 15.6. The second-order valence-electron chi connectivity index (χ2n) is 9.54. The molecular weight excluding hydrogens is 543 g/mol. The second-order valence-corrected chi connectivity index (χ2v) is 11.4. The number of nitrogens with one attached hydrogen (secondary N) is 1. The zero-order valence-corrected chi connectivity index (χ0v) is 23.3. The Morgan fingerprint density at radius 3 is 2.12 bits per heavy atom. The molecule has 1 N–H and O–H groups in total. The van der Waals surface area contributed by atoms with Gasteiger partial charge in [0.2, 0.25) is 21.8 Å². The van der Waals surface area contributed by atoms with Gasteiger partial charge in [-0.2, -0.15) is 0 Å². The molecule has 3 rings (SSSR count). The molecule has 2 atom stereocenters. The van der Waals surface area contributed by atoms with Crippen molar-refractivity contribution in [3.05, 3.63) is 101 Å². The third-order valence-electron chi connectivity index (χ3n) is 6.41. The standard InChI is InChI=1S/C29H32F3N3O4S/c1-4-20(2)33-29(37)27(16-21-8-6-5-7-9-21)34(18-22-10-12-23(30)13-11-22)28(36)19-35(40(3,38)39)24-14-15-25(31)26(32)17-24/h5-15,17,20,27H,4,16,18-19H2,1-3H3,(H,33,37)/t20-,27+/m0/s1. The number of carbonyl (C=O) groups excluding carboxylic acids is 2. The van der Waals surface area contributed by atoms with Crippen molar-refractivity contribution in [2.75, 3.05) is 17.1 Å². The highest BCUT2D eigenvalue weighted by molar-refractivity contribution is 7.92. The third kappa shape index (κ3) is 8.32. The Morgan fingerprint density at radius 1 is 0.900 bits per heavy atom. The van der Waals surface area contributed by atoms with Crippen LogP contribution in [0.5, 0.6) is 0 Å². The lowest BCUT2D eigenvalue weighted by molar-refractivity contribution is -0.140. The lowest BCUT2D eigenvalue weighted by atomic mass is 10.0. The molecule has 0 saturated carbocycles. The zero-order valence-electron chi connectivity index (χ0n) is 22.5. The molecule has 3 aromatic rings. The van der Waals surface area contributed by atoms with Gasteiger partial charge in [0.15, 0.2) is 11.6 Å². The van der Waals surface area contributed by atoms with E-state index >= 15 is 0 Å². The second kappa shape index (κ2) is 13.5. The first-order valence-corrected chi connectivity index (χ1v) is 14.5. The molecule has 0 aliphatic rings. The molecule has 0 aliphatic heterocycles. The quantitative estimate of drug-likeness (QED) is 0.346. The summed E-state index contributed by atoms with van der Waals surface area (Å²) in [6.07, 6.45) is 1.58. The molecule has 0 aromatic heterocycles. The molecule has 0 aliphatic carbocycles. The van der Waals surface area contributed by atoms with Crippen molar-refractivity contribution >= 4 is 27.5 Å². The monoisotopic (exact) mass is 575 g/mol. The van der Waals surface area contributed by atoms with Crippen molar-refractivity contribution in [3.63, 3.8) is 0 Å². The molecule has 0 spiro atoms. The van der Waals surface area contributed by atoms with Crippen molar-refractivity contribution in [1.82, 2.24) is 10.2 Å². The van der Waals surface area contributed by atoms with Crippen molar-refractivity contribution in [3.8, 4) is 0 Å². The average molecular weight is 576 g/mol. The number of amides is 2. The molecule has 0 heterocycles. The Labute approximate surface area is 232 Å². The van der Waals surface area contributed by atoms with Gasteiger partial charge in [0.25, 0.3) is 0 Å². The van der Waals surface area contributed by atoms with E-state index in [1.54, 1.807) is 24.3 Å². The van der Waals surface area contributed by atoms with Gasteiger partial charge in [0.05, 0.1) is 11.9 Å². The van der Waals surface area contributed by atoms with Gasteiger partial charge in [-0.15, -0.1) is 0 Å². The number of hydrogen-bond acceptors (Lipinski definition) is 4. The first kappa shape index (κ1) is 30.7. The van der Waals surface area contributed by atoms with Crippen LogP contribution >= 0.6 is 0 Å². The number of sulfonamides is 1. The SMILES string of the molecule is CC[C@H](C)NC(=O)[C@@H](Cc1ccccc1)N(Cc1ccc(F)cc1)C(=O)CN(c1ccc(F)c(F)c1)S(C)(=O)=O. The number of rotatable bonds is 12. The lowest BCUT2D eigenvalue weighted by Gasteiger charge is -2.34. The number of nitrogens with zero attached hydrogens (tertiary/aromatic N) is 2. The van der Waals surface area contributed by atoms with Gasteiger partial charge >= 0.3 is 0 Å². The van der Waals surface area contributed by atoms with Gasteiger partial charge in [-0.1, -0.05) is 49.4 Å². The maximum atomic E-state index is 14.0. The molecule has 0 unspecified atom stereocenters. The van der Waals surface area contributed by atoms with Crippen LogP contribution in [0.2, 0.25) is 0 Å². The molecule has 3 aromatic carbocycles. The van der Waals surface area contributed by atoms with Crippen LogP contribution in [0.15, 0.2) is 72.8 Å². The Kier molecular flexibility index (Phi) is 10.3. The smallest absolute Gasteiger partial charge is 0.244 e. The maximum Gasteiger partial charge on any atom is 0.244 e. The molecule has 40 heavy (non-hydrogen) atoms. The zero-order chi connectivity index (χ0) is 29.4. The summed E-state index contributed by atoms with van der Waals surface area (Å²) in [5.41, 5.74) is 1.01. The van der Waals surface area contributed by atoms with Crippen molar-refractivity contribution in [1.29, 1.82) is 0 Å². The fourth-order valence-electron chi connectivity index (χ4n) is 4.04. The minimum atomic E-state index is -4.14. The minimum absolute atomic E-state index is 0.111. The van der Waals surface area contributed by atoms with E-state index in [-0.39, 0.29) is 24.7 Å². The van der Waals surface area contributed by atoms with Crippen LogP contribution in [0.25, 0.3) is 0 Å². The van der Waals surface area contributed by atoms with Gasteiger partial charge in [0.1, 0.15) is 18.4 Å². The summed E-state index contributed by atoms with van der Waals surface area (Å²) in [7, 11) is -4.14. The number of hydrogen-bond donors (Lipinski definition) is 1. The summed E-state index contributed by atoms with van der Waals surface area (Å²) in [5.74, 6) is -4.16. The minimum Gasteiger partial charge on any atom is -0.352 e. The average Bonchev–Trinajstić information content (AvgIpc) is 2.91. The van der Waals surface area contributed by atoms with E-state index in [1.807, 2.05) is 19.9 Å². The molecular formula is C29H32F3N3O4S. The van der Waals surface area contributed by atoms with Crippen LogP contribution in [0.3, 0.4) is 0 Å². The topological polar surface area (TPSA) is 86.8 Å². The Morgan fingerprint density at radius 2 is 1.55 bits per heavy atom. The maximum absolute atomic E-state index is 14.0. The molecule has 11 heteroatoms. The normalized spacial score (nSPS) is 12.8. The Bertz CT molecular complexity index is 1420. The predicted octanol–water partition coefficient (Wildman–Crippen LogP) is 4.42. The highest BCUT2D eigenvalue weighted by atomic mass is 32.2. The Hall–Kier alpha value is -3.86. The van der Waals surface area contributed by atoms with E-state index in [0.717, 1.165) is 24.0 Å². The molecule has 0 fully saturated rings. The Balaban J connectivity index is 2.06. The predicted molar refractivity (Wildman–Crippen MR) is 147 cm³/mol. The van der Waals surface area contributed by atoms with Gasteiger partial charge in [-0.05, 0) is 48.7 Å². The first-order chi connectivity index (χ1) is 18.9. The van der Waals surface area contributed by atoms with E-state index in [2.05, 4.69) is 5.32 Å². The van der Waals surface area contributed by atoms with E-state index in [0.29, 0.717) is 22.4 Å². The van der Waals surface area contributed by atoms with Crippen LogP contribution < -0.4 is 9.62 Å². The van der Waals surface area contributed by atoms with Crippen molar-refractivity contribution in [2.45, 2.75) is 45.3 Å². The molecule has 7 nitrogen and oxygen atoms in total. The lowest BCUT2D eigenvalue weighted by Crippen LogP contribution is -2.54. The number of halogens is 3. The fraction of sp³-hybridized carbons (Fsp3) is 0.310. The van der Waals surface area contributed by atoms with Gasteiger partial charge in [-0.25, -0.2) is 21.6 Å². The summed E-state index contributed by atoms with van der Waals surface area (Å²) in [5, 5.41) is 2.89. The third-order valence-corrected chi connectivity index (χ3v) is 7.55. The van der Waals surface area contributed by atoms with Crippen LogP contribution in [-0.2, 0) is 32.6 Å². The van der Waals surface area contributed by atoms with Crippen LogP contribution in [0.1, 0.15) is 31.4 Å². The molecule has 214 valence electrons. The van der Waals surface area contributed by atoms with Crippen LogP contribution in [0.4, 0.5) is 18.9 Å². The summed E-state index contributed by atoms with van der Waals surface area (Å²) < 4.78 is 67.2. The molecule has 0 bridgehead atoms. The fourth-order valence-corrected chi connectivity index (χ4v) is 4.88. The van der Waals surface area contributed by atoms with Gasteiger partial charge in [-0.3, -0.25) is 13.9 Å². The molecule has 2 amide bonds. The molecule has 0 saturated heterocycles. The highest BCUT2D eigenvalue weighted by Gasteiger charge is 2.33. The summed E-state index contributed by atoms with van der Waals surface area (Å²) in [4.78, 5) is 28.7. The van der Waals surface area contributed by atoms with Crippen LogP contribution in [0, 0.1) is 17.5 Å². The van der Waals surface area contributed by atoms with E-state index < -0.39 is 51.9 Å². The number of carbonyl (C=O) groups is 2. The van der Waals surface area contributed by atoms with Crippen molar-refractivity contribution < 1.29 is 31.2 Å². The number of benzene rings is 3. The van der Waals surface area contributed by atoms with E-state index in [9.17, 15) is 31.2 Å². The van der Waals surface area contributed by atoms with Crippen molar-refractivity contribution in [2.24, 2.45) is 0 Å². The van der Waals surface area contributed by atoms with Gasteiger partial charge < -0.3 is 10.2 Å². The van der Waals surface area contributed by atoms with Crippen LogP contribution in [-0.4, -0.2) is 50.0 Å². The number of anilines is 1. The summed E-state index contributed by atoms with van der Waals surface area (Å²) >= 11 is 0. The largest absolute Gasteiger partial charge is 0.352 e. The highest BCUT2D eigenvalue weighted by Crippen LogP contribution is 2.22.